The van der Waals surface area contributed by atoms with Crippen LogP contribution in [0.1, 0.15) is 21.7 Å². The van der Waals surface area contributed by atoms with Gasteiger partial charge in [0, 0.05) is 5.56 Å². The van der Waals surface area contributed by atoms with Crippen molar-refractivity contribution >= 4 is 29.0 Å². The molecule has 0 fully saturated rings. The number of halogens is 1. The van der Waals surface area contributed by atoms with Crippen molar-refractivity contribution in [3.05, 3.63) is 106 Å². The van der Waals surface area contributed by atoms with Gasteiger partial charge in [0.15, 0.2) is 0 Å². The van der Waals surface area contributed by atoms with Crippen LogP contribution in [-0.2, 0) is 0 Å². The Hall–Kier alpha value is -4.06. The molecule has 0 aliphatic rings. The lowest BCUT2D eigenvalue weighted by atomic mass is 10.1. The average Bonchev–Trinajstić information content (AvgIpc) is 2.73. The average molecular weight is 386 g/mol. The van der Waals surface area contributed by atoms with Crippen LogP contribution in [0, 0.1) is 5.82 Å². The van der Waals surface area contributed by atoms with Crippen molar-refractivity contribution in [2.24, 2.45) is 0 Å². The molecule has 0 amide bonds. The highest BCUT2D eigenvalue weighted by Gasteiger charge is 2.12. The number of aromatic nitrogens is 2. The number of nitrogens with zero attached hydrogens (tertiary/aromatic N) is 2. The molecule has 142 valence electrons. The summed E-state index contributed by atoms with van der Waals surface area (Å²) in [5.41, 5.74) is 1.16. The minimum atomic E-state index is -1.06. The Balaban J connectivity index is 1.92. The van der Waals surface area contributed by atoms with Crippen LogP contribution in [0.5, 0.6) is 0 Å². The summed E-state index contributed by atoms with van der Waals surface area (Å²) in [5, 5.41) is 9.53. The second-order valence-electron chi connectivity index (χ2n) is 6.33. The van der Waals surface area contributed by atoms with Crippen LogP contribution in [0.15, 0.2) is 77.6 Å². The molecule has 0 saturated heterocycles. The number of carboxylic acid groups (broad SMARTS) is 1. The van der Waals surface area contributed by atoms with Gasteiger partial charge in [0.1, 0.15) is 11.6 Å². The van der Waals surface area contributed by atoms with Gasteiger partial charge < -0.3 is 5.11 Å². The van der Waals surface area contributed by atoms with E-state index < -0.39 is 5.97 Å². The molecule has 0 aliphatic heterocycles. The lowest BCUT2D eigenvalue weighted by Crippen LogP contribution is -2.22. The van der Waals surface area contributed by atoms with Crippen LogP contribution in [-0.4, -0.2) is 20.6 Å². The van der Waals surface area contributed by atoms with E-state index in [9.17, 15) is 14.0 Å². The highest BCUT2D eigenvalue weighted by Crippen LogP contribution is 2.17. The van der Waals surface area contributed by atoms with Crippen LogP contribution in [0.2, 0.25) is 0 Å². The van der Waals surface area contributed by atoms with Crippen molar-refractivity contribution in [3.63, 3.8) is 0 Å². The largest absolute Gasteiger partial charge is 0.478 e. The Morgan fingerprint density at radius 3 is 2.34 bits per heavy atom. The molecule has 4 rings (SSSR count). The fourth-order valence-electron chi connectivity index (χ4n) is 3.04. The first kappa shape index (κ1) is 18.3. The summed E-state index contributed by atoms with van der Waals surface area (Å²) in [4.78, 5) is 28.8. The molecule has 1 N–H and O–H groups in total. The molecule has 1 heterocycles. The number of benzene rings is 3. The predicted octanol–water partition coefficient (Wildman–Crippen LogP) is 4.39. The van der Waals surface area contributed by atoms with Gasteiger partial charge in [0.05, 0.1) is 22.2 Å². The summed E-state index contributed by atoms with van der Waals surface area (Å²) < 4.78 is 15.4. The third-order valence-electron chi connectivity index (χ3n) is 4.49. The van der Waals surface area contributed by atoms with Crippen LogP contribution in [0.3, 0.4) is 0 Å². The zero-order valence-corrected chi connectivity index (χ0v) is 15.1. The number of rotatable bonds is 4. The summed E-state index contributed by atoms with van der Waals surface area (Å²) in [6, 6.07) is 19.2. The number of aromatic carboxylic acids is 1. The van der Waals surface area contributed by atoms with Crippen molar-refractivity contribution in [2.75, 3.05) is 0 Å². The van der Waals surface area contributed by atoms with E-state index in [4.69, 9.17) is 5.11 Å². The van der Waals surface area contributed by atoms with Gasteiger partial charge in [-0.05, 0) is 54.6 Å². The number of carbonyl (C=O) groups is 1. The van der Waals surface area contributed by atoms with E-state index >= 15 is 0 Å². The molecule has 0 aliphatic carbocycles. The Kier molecular flexibility index (Phi) is 4.75. The summed E-state index contributed by atoms with van der Waals surface area (Å²) in [6.07, 6.45) is 3.12. The Bertz CT molecular complexity index is 1310. The lowest BCUT2D eigenvalue weighted by molar-refractivity contribution is 0.0697. The number of fused-ring (bicyclic) bond motifs is 1. The maximum absolute atomic E-state index is 14.0. The molecule has 5 nitrogen and oxygen atoms in total. The van der Waals surface area contributed by atoms with Gasteiger partial charge >= 0.3 is 5.97 Å². The summed E-state index contributed by atoms with van der Waals surface area (Å²) in [6.45, 7) is 0. The second kappa shape index (κ2) is 7.52. The fraction of sp³-hybridized carbons (Fsp3) is 0. The number of hydrogen-bond donors (Lipinski definition) is 1. The van der Waals surface area contributed by atoms with Gasteiger partial charge in [-0.1, -0.05) is 30.3 Å². The van der Waals surface area contributed by atoms with Gasteiger partial charge in [-0.3, -0.25) is 9.36 Å². The Labute approximate surface area is 165 Å². The van der Waals surface area contributed by atoms with Crippen molar-refractivity contribution in [2.45, 2.75) is 0 Å². The van der Waals surface area contributed by atoms with E-state index in [2.05, 4.69) is 4.98 Å². The molecule has 3 aromatic carbocycles. The SMILES string of the molecule is O=C(O)c1ccc(-n2c(/C=C/c3ccccc3F)nc3ccccc3c2=O)cc1. The topological polar surface area (TPSA) is 72.2 Å². The molecule has 0 unspecified atom stereocenters. The predicted molar refractivity (Wildman–Crippen MR) is 110 cm³/mol. The maximum atomic E-state index is 14.0. The normalized spacial score (nSPS) is 11.2. The molecule has 0 radical (unpaired) electrons. The standard InChI is InChI=1S/C23H15FN2O3/c24-19-7-3-1-5-15(19)11-14-21-25-20-8-4-2-6-18(20)22(27)26(21)17-12-9-16(10-13-17)23(28)29/h1-14H,(H,28,29)/b14-11+. The van der Waals surface area contributed by atoms with Crippen molar-refractivity contribution in [3.8, 4) is 5.69 Å². The highest BCUT2D eigenvalue weighted by atomic mass is 19.1. The summed E-state index contributed by atoms with van der Waals surface area (Å²) in [7, 11) is 0. The minimum absolute atomic E-state index is 0.110. The number of carboxylic acids is 1. The van der Waals surface area contributed by atoms with E-state index in [1.807, 2.05) is 0 Å². The first-order valence-corrected chi connectivity index (χ1v) is 8.83. The zero-order chi connectivity index (χ0) is 20.4. The van der Waals surface area contributed by atoms with Gasteiger partial charge in [-0.2, -0.15) is 0 Å². The van der Waals surface area contributed by atoms with E-state index in [-0.39, 0.29) is 16.9 Å². The highest BCUT2D eigenvalue weighted by molar-refractivity contribution is 5.88. The molecule has 29 heavy (non-hydrogen) atoms. The first-order chi connectivity index (χ1) is 14.0. The summed E-state index contributed by atoms with van der Waals surface area (Å²) in [5.74, 6) is -1.13. The molecular weight excluding hydrogens is 371 g/mol. The summed E-state index contributed by atoms with van der Waals surface area (Å²) >= 11 is 0. The van der Waals surface area contributed by atoms with Crippen LogP contribution in [0.4, 0.5) is 4.39 Å². The fourth-order valence-corrected chi connectivity index (χ4v) is 3.04. The monoisotopic (exact) mass is 386 g/mol. The van der Waals surface area contributed by atoms with Crippen LogP contribution >= 0.6 is 0 Å². The Morgan fingerprint density at radius 2 is 1.62 bits per heavy atom. The quantitative estimate of drug-likeness (QED) is 0.565. The number of para-hydroxylation sites is 1. The number of hydrogen-bond acceptors (Lipinski definition) is 3. The molecule has 0 saturated carbocycles. The van der Waals surface area contributed by atoms with E-state index in [1.165, 1.54) is 22.8 Å². The van der Waals surface area contributed by atoms with Crippen LogP contribution < -0.4 is 5.56 Å². The van der Waals surface area contributed by atoms with Crippen molar-refractivity contribution in [1.29, 1.82) is 0 Å². The van der Waals surface area contributed by atoms with Gasteiger partial charge in [-0.25, -0.2) is 14.2 Å². The van der Waals surface area contributed by atoms with E-state index in [0.29, 0.717) is 28.0 Å². The van der Waals surface area contributed by atoms with Gasteiger partial charge in [-0.15, -0.1) is 0 Å². The third-order valence-corrected chi connectivity index (χ3v) is 4.49. The molecular formula is C23H15FN2O3. The van der Waals surface area contributed by atoms with Crippen molar-refractivity contribution < 1.29 is 14.3 Å². The molecule has 1 aromatic heterocycles. The smallest absolute Gasteiger partial charge is 0.335 e. The first-order valence-electron chi connectivity index (χ1n) is 8.83. The molecule has 0 atom stereocenters. The Morgan fingerprint density at radius 1 is 0.931 bits per heavy atom. The maximum Gasteiger partial charge on any atom is 0.335 e. The van der Waals surface area contributed by atoms with Crippen LogP contribution in [0.25, 0.3) is 28.7 Å². The molecule has 6 heteroatoms. The van der Waals surface area contributed by atoms with E-state index in [1.54, 1.807) is 66.7 Å². The second-order valence-corrected chi connectivity index (χ2v) is 6.33. The third kappa shape index (κ3) is 3.55. The molecule has 0 spiro atoms. The zero-order valence-electron chi connectivity index (χ0n) is 15.1. The van der Waals surface area contributed by atoms with Gasteiger partial charge in [0.2, 0.25) is 0 Å². The minimum Gasteiger partial charge on any atom is -0.478 e. The van der Waals surface area contributed by atoms with E-state index in [0.717, 1.165) is 0 Å². The van der Waals surface area contributed by atoms with Crippen molar-refractivity contribution in [1.82, 2.24) is 9.55 Å². The lowest BCUT2D eigenvalue weighted by Gasteiger charge is -2.11. The van der Waals surface area contributed by atoms with Gasteiger partial charge in [0.25, 0.3) is 5.56 Å². The molecule has 4 aromatic rings. The molecule has 0 bridgehead atoms.